The third kappa shape index (κ3) is 10.7. The topological polar surface area (TPSA) is 81.4 Å². The normalized spacial score (nSPS) is 9.67. The molecule has 2 amide bonds. The average Bonchev–Trinajstić information content (AvgIpc) is 2.19. The molecule has 0 rings (SSSR count). The van der Waals surface area contributed by atoms with Crippen molar-refractivity contribution in [1.29, 1.82) is 0 Å². The molecule has 15 heavy (non-hydrogen) atoms. The van der Waals surface area contributed by atoms with Gasteiger partial charge in [-0.2, -0.15) is 0 Å². The van der Waals surface area contributed by atoms with Gasteiger partial charge in [0.25, 0.3) is 0 Å². The van der Waals surface area contributed by atoms with Crippen LogP contribution in [0.3, 0.4) is 0 Å². The van der Waals surface area contributed by atoms with E-state index in [2.05, 4.69) is 5.32 Å². The summed E-state index contributed by atoms with van der Waals surface area (Å²) in [6.45, 7) is 3.03. The first kappa shape index (κ1) is 13.7. The Bertz CT molecular complexity index is 195. The Kier molecular flexibility index (Phi) is 8.52. The number of ether oxygens (including phenoxy) is 1. The highest BCUT2D eigenvalue weighted by molar-refractivity contribution is 5.71. The number of urea groups is 1. The number of carbonyl (C=O) groups is 2. The second-order valence-corrected chi connectivity index (χ2v) is 3.32. The highest BCUT2D eigenvalue weighted by Crippen LogP contribution is 2.00. The summed E-state index contributed by atoms with van der Waals surface area (Å²) in [7, 11) is 0. The van der Waals surface area contributed by atoms with Crippen LogP contribution < -0.4 is 11.1 Å². The molecule has 5 heteroatoms. The van der Waals surface area contributed by atoms with Gasteiger partial charge >= 0.3 is 12.0 Å². The Morgan fingerprint density at radius 3 is 2.60 bits per heavy atom. The van der Waals surface area contributed by atoms with Crippen LogP contribution in [0.2, 0.25) is 0 Å². The number of rotatable bonds is 8. The van der Waals surface area contributed by atoms with Gasteiger partial charge < -0.3 is 15.8 Å². The van der Waals surface area contributed by atoms with Crippen LogP contribution in [-0.4, -0.2) is 25.2 Å². The molecule has 0 fully saturated rings. The standard InChI is InChI=1S/C10H20N2O3/c1-2-8-15-9(13)6-4-3-5-7-12-10(11)14/h2-8H2,1H3,(H3,11,12,14). The number of amides is 2. The van der Waals surface area contributed by atoms with E-state index in [0.29, 0.717) is 19.6 Å². The minimum atomic E-state index is -0.502. The van der Waals surface area contributed by atoms with Crippen molar-refractivity contribution in [3.05, 3.63) is 0 Å². The third-order valence-electron chi connectivity index (χ3n) is 1.82. The van der Waals surface area contributed by atoms with E-state index < -0.39 is 6.03 Å². The molecule has 0 saturated heterocycles. The number of hydrogen-bond acceptors (Lipinski definition) is 3. The van der Waals surface area contributed by atoms with Gasteiger partial charge in [0, 0.05) is 13.0 Å². The summed E-state index contributed by atoms with van der Waals surface area (Å²) in [6, 6.07) is -0.502. The second-order valence-electron chi connectivity index (χ2n) is 3.32. The van der Waals surface area contributed by atoms with E-state index in [1.54, 1.807) is 0 Å². The van der Waals surface area contributed by atoms with E-state index in [9.17, 15) is 9.59 Å². The van der Waals surface area contributed by atoms with Crippen molar-refractivity contribution in [2.75, 3.05) is 13.2 Å². The van der Waals surface area contributed by atoms with Gasteiger partial charge in [-0.1, -0.05) is 13.3 Å². The quantitative estimate of drug-likeness (QED) is 0.472. The fraction of sp³-hybridized carbons (Fsp3) is 0.800. The van der Waals surface area contributed by atoms with Gasteiger partial charge in [-0.25, -0.2) is 4.79 Å². The molecule has 0 aromatic heterocycles. The van der Waals surface area contributed by atoms with Gasteiger partial charge in [0.2, 0.25) is 0 Å². The Morgan fingerprint density at radius 1 is 1.27 bits per heavy atom. The molecule has 0 aromatic rings. The molecule has 5 nitrogen and oxygen atoms in total. The van der Waals surface area contributed by atoms with Crippen molar-refractivity contribution in [2.24, 2.45) is 5.73 Å². The van der Waals surface area contributed by atoms with Gasteiger partial charge in [-0.3, -0.25) is 4.79 Å². The lowest BCUT2D eigenvalue weighted by Gasteiger charge is -2.03. The van der Waals surface area contributed by atoms with Gasteiger partial charge in [-0.15, -0.1) is 0 Å². The Labute approximate surface area is 90.4 Å². The molecule has 0 aromatic carbocycles. The predicted octanol–water partition coefficient (Wildman–Crippen LogP) is 1.17. The summed E-state index contributed by atoms with van der Waals surface area (Å²) in [5, 5.41) is 2.49. The molecule has 0 atom stereocenters. The zero-order chi connectivity index (χ0) is 11.5. The van der Waals surface area contributed by atoms with Crippen molar-refractivity contribution in [3.8, 4) is 0 Å². The number of nitrogens with two attached hydrogens (primary N) is 1. The lowest BCUT2D eigenvalue weighted by molar-refractivity contribution is -0.143. The first-order valence-corrected chi connectivity index (χ1v) is 5.35. The summed E-state index contributed by atoms with van der Waals surface area (Å²) in [5.41, 5.74) is 4.89. The summed E-state index contributed by atoms with van der Waals surface area (Å²) < 4.78 is 4.91. The monoisotopic (exact) mass is 216 g/mol. The number of hydrogen-bond donors (Lipinski definition) is 2. The van der Waals surface area contributed by atoms with Crippen LogP contribution in [-0.2, 0) is 9.53 Å². The van der Waals surface area contributed by atoms with Crippen LogP contribution in [0.1, 0.15) is 39.0 Å². The van der Waals surface area contributed by atoms with Gasteiger partial charge in [-0.05, 0) is 19.3 Å². The number of nitrogens with one attached hydrogen (secondary N) is 1. The van der Waals surface area contributed by atoms with E-state index in [1.165, 1.54) is 0 Å². The Hall–Kier alpha value is -1.26. The van der Waals surface area contributed by atoms with E-state index in [4.69, 9.17) is 10.5 Å². The van der Waals surface area contributed by atoms with E-state index in [-0.39, 0.29) is 5.97 Å². The van der Waals surface area contributed by atoms with E-state index in [0.717, 1.165) is 25.7 Å². The fourth-order valence-corrected chi connectivity index (χ4v) is 1.07. The Balaban J connectivity index is 3.16. The van der Waals surface area contributed by atoms with E-state index >= 15 is 0 Å². The van der Waals surface area contributed by atoms with Crippen molar-refractivity contribution in [1.82, 2.24) is 5.32 Å². The first-order chi connectivity index (χ1) is 7.16. The SMILES string of the molecule is CCCOC(=O)CCCCCNC(N)=O. The van der Waals surface area contributed by atoms with Crippen molar-refractivity contribution in [2.45, 2.75) is 39.0 Å². The smallest absolute Gasteiger partial charge is 0.312 e. The highest BCUT2D eigenvalue weighted by Gasteiger charge is 2.01. The van der Waals surface area contributed by atoms with Crippen LogP contribution in [0.15, 0.2) is 0 Å². The molecule has 0 heterocycles. The number of unbranched alkanes of at least 4 members (excludes halogenated alkanes) is 2. The lowest BCUT2D eigenvalue weighted by Crippen LogP contribution is -2.29. The molecule has 0 radical (unpaired) electrons. The lowest BCUT2D eigenvalue weighted by atomic mass is 10.2. The first-order valence-electron chi connectivity index (χ1n) is 5.35. The maximum Gasteiger partial charge on any atom is 0.312 e. The minimum absolute atomic E-state index is 0.139. The van der Waals surface area contributed by atoms with Crippen LogP contribution in [0.25, 0.3) is 0 Å². The van der Waals surface area contributed by atoms with Gasteiger partial charge in [0.1, 0.15) is 0 Å². The molecule has 0 aliphatic carbocycles. The van der Waals surface area contributed by atoms with Crippen molar-refractivity contribution in [3.63, 3.8) is 0 Å². The van der Waals surface area contributed by atoms with Crippen LogP contribution in [0.4, 0.5) is 4.79 Å². The largest absolute Gasteiger partial charge is 0.466 e. The Morgan fingerprint density at radius 2 is 2.00 bits per heavy atom. The zero-order valence-electron chi connectivity index (χ0n) is 9.25. The number of esters is 1. The molecular weight excluding hydrogens is 196 g/mol. The van der Waals surface area contributed by atoms with Crippen LogP contribution in [0.5, 0.6) is 0 Å². The summed E-state index contributed by atoms with van der Waals surface area (Å²) in [5.74, 6) is -0.139. The minimum Gasteiger partial charge on any atom is -0.466 e. The second kappa shape index (κ2) is 9.30. The molecule has 0 unspecified atom stereocenters. The molecule has 0 bridgehead atoms. The fourth-order valence-electron chi connectivity index (χ4n) is 1.07. The maximum atomic E-state index is 11.0. The van der Waals surface area contributed by atoms with Crippen molar-refractivity contribution < 1.29 is 14.3 Å². The summed E-state index contributed by atoms with van der Waals surface area (Å²) in [6.07, 6.45) is 3.83. The maximum absolute atomic E-state index is 11.0. The molecule has 0 aliphatic rings. The van der Waals surface area contributed by atoms with Gasteiger partial charge in [0.15, 0.2) is 0 Å². The van der Waals surface area contributed by atoms with E-state index in [1.807, 2.05) is 6.92 Å². The molecule has 0 spiro atoms. The molecule has 3 N–H and O–H groups in total. The number of primary amides is 1. The third-order valence-corrected chi connectivity index (χ3v) is 1.82. The molecule has 0 aliphatic heterocycles. The zero-order valence-corrected chi connectivity index (χ0v) is 9.25. The average molecular weight is 216 g/mol. The molecular formula is C10H20N2O3. The van der Waals surface area contributed by atoms with Gasteiger partial charge in [0.05, 0.1) is 6.61 Å². The highest BCUT2D eigenvalue weighted by atomic mass is 16.5. The van der Waals surface area contributed by atoms with Crippen LogP contribution >= 0.6 is 0 Å². The van der Waals surface area contributed by atoms with Crippen molar-refractivity contribution >= 4 is 12.0 Å². The summed E-state index contributed by atoms with van der Waals surface area (Å²) in [4.78, 5) is 21.3. The number of carbonyl (C=O) groups excluding carboxylic acids is 2. The molecule has 0 saturated carbocycles. The van der Waals surface area contributed by atoms with Crippen LogP contribution in [0, 0.1) is 0 Å². The predicted molar refractivity (Wildman–Crippen MR) is 57.3 cm³/mol. The molecule has 88 valence electrons. The summed E-state index contributed by atoms with van der Waals surface area (Å²) >= 11 is 0.